The van der Waals surface area contributed by atoms with Gasteiger partial charge < -0.3 is 16.4 Å². The first kappa shape index (κ1) is 45.9. The van der Waals surface area contributed by atoms with Crippen molar-refractivity contribution < 1.29 is 0 Å². The van der Waals surface area contributed by atoms with E-state index in [9.17, 15) is 0 Å². The Morgan fingerprint density at radius 1 is 0.500 bits per heavy atom. The molecule has 1 rings (SSSR count). The lowest BCUT2D eigenvalue weighted by Gasteiger charge is -2.40. The van der Waals surface area contributed by atoms with Gasteiger partial charge in [0, 0.05) is 50.8 Å². The van der Waals surface area contributed by atoms with E-state index in [2.05, 4.69) is 36.3 Å². The van der Waals surface area contributed by atoms with Crippen LogP contribution in [0.4, 0.5) is 0 Å². The molecule has 0 spiro atoms. The molecule has 0 aromatic heterocycles. The van der Waals surface area contributed by atoms with Crippen molar-refractivity contribution in [2.24, 2.45) is 5.73 Å². The van der Waals surface area contributed by atoms with Gasteiger partial charge in [0.2, 0.25) is 0 Å². The van der Waals surface area contributed by atoms with E-state index < -0.39 is 0 Å². The Hall–Kier alpha value is -0.160. The largest absolute Gasteiger partial charge is 0.324 e. The zero-order chi connectivity index (χ0) is 34.6. The van der Waals surface area contributed by atoms with Gasteiger partial charge in [-0.3, -0.25) is 4.90 Å². The highest BCUT2D eigenvalue weighted by molar-refractivity contribution is 4.96. The molecule has 1 saturated heterocycles. The number of nitrogens with one attached hydrogen (secondary N) is 2. The van der Waals surface area contributed by atoms with Crippen molar-refractivity contribution in [3.05, 3.63) is 0 Å². The third-order valence-electron chi connectivity index (χ3n) is 11.6. The minimum atomic E-state index is -0.0525. The highest BCUT2D eigenvalue weighted by Crippen LogP contribution is 2.28. The molecule has 1 aliphatic heterocycles. The van der Waals surface area contributed by atoms with Gasteiger partial charge in [-0.1, -0.05) is 213 Å². The van der Waals surface area contributed by atoms with E-state index in [-0.39, 0.29) is 5.54 Å². The molecule has 4 heteroatoms. The van der Waals surface area contributed by atoms with Crippen molar-refractivity contribution in [2.75, 3.05) is 39.3 Å². The topological polar surface area (TPSA) is 53.3 Å². The third kappa shape index (κ3) is 27.5. The van der Waals surface area contributed by atoms with Crippen LogP contribution in [0.15, 0.2) is 0 Å². The molecule has 0 aliphatic carbocycles. The Labute approximate surface area is 304 Å². The summed E-state index contributed by atoms with van der Waals surface area (Å²) in [4.78, 5) is 2.64. The second-order valence-electron chi connectivity index (χ2n) is 16.2. The minimum Gasteiger partial charge on any atom is -0.324 e. The van der Waals surface area contributed by atoms with Crippen LogP contribution in [-0.4, -0.2) is 55.7 Å². The number of hydrogen-bond donors (Lipinski definition) is 3. The molecule has 0 amide bonds. The molecule has 0 aromatic rings. The number of nitrogens with zero attached hydrogens (tertiary/aromatic N) is 1. The van der Waals surface area contributed by atoms with Crippen LogP contribution in [0.2, 0.25) is 0 Å². The summed E-state index contributed by atoms with van der Waals surface area (Å²) in [5, 5.41) is 7.64. The summed E-state index contributed by atoms with van der Waals surface area (Å²) in [5.41, 5.74) is 7.56. The van der Waals surface area contributed by atoms with Crippen LogP contribution in [0.5, 0.6) is 0 Å². The standard InChI is InChI=1S/C44H92N4/c1-4-7-10-13-16-19-22-25-28-31-34-43(47-39-42-48-40-37-46-38-41-48)44(45,35-32-29-26-23-20-17-14-11-8-5-2)36-33-30-27-24-21-18-15-12-9-6-3/h43,46-47H,4-42,45H2,1-3H3. The highest BCUT2D eigenvalue weighted by atomic mass is 15.2. The Balaban J connectivity index is 2.62. The first-order valence-electron chi connectivity index (χ1n) is 22.6. The summed E-state index contributed by atoms with van der Waals surface area (Å²) in [7, 11) is 0. The molecule has 0 radical (unpaired) electrons. The van der Waals surface area contributed by atoms with Gasteiger partial charge in [-0.15, -0.1) is 0 Å². The minimum absolute atomic E-state index is 0.0525. The van der Waals surface area contributed by atoms with Crippen molar-refractivity contribution in [3.63, 3.8) is 0 Å². The smallest absolute Gasteiger partial charge is 0.0309 e. The summed E-state index contributed by atoms with van der Waals surface area (Å²) in [6.07, 6.45) is 45.9. The van der Waals surface area contributed by atoms with Crippen molar-refractivity contribution in [3.8, 4) is 0 Å². The normalized spacial score (nSPS) is 15.0. The summed E-state index contributed by atoms with van der Waals surface area (Å²) < 4.78 is 0. The maximum Gasteiger partial charge on any atom is 0.0309 e. The van der Waals surface area contributed by atoms with Gasteiger partial charge in [0.25, 0.3) is 0 Å². The van der Waals surface area contributed by atoms with Crippen LogP contribution < -0.4 is 16.4 Å². The second kappa shape index (κ2) is 35.3. The number of hydrogen-bond acceptors (Lipinski definition) is 4. The van der Waals surface area contributed by atoms with E-state index in [4.69, 9.17) is 5.73 Å². The molecule has 0 saturated carbocycles. The summed E-state index contributed by atoms with van der Waals surface area (Å²) in [6, 6.07) is 0.464. The van der Waals surface area contributed by atoms with E-state index in [1.54, 1.807) is 0 Å². The lowest BCUT2D eigenvalue weighted by Crippen LogP contribution is -2.58. The molecule has 1 atom stereocenters. The number of rotatable bonds is 38. The molecule has 288 valence electrons. The molecule has 1 aliphatic rings. The van der Waals surface area contributed by atoms with E-state index in [0.717, 1.165) is 19.6 Å². The van der Waals surface area contributed by atoms with E-state index in [1.165, 1.54) is 232 Å². The summed E-state index contributed by atoms with van der Waals surface area (Å²) in [5.74, 6) is 0. The predicted octanol–water partition coefficient (Wildman–Crippen LogP) is 12.5. The lowest BCUT2D eigenvalue weighted by molar-refractivity contribution is 0.204. The zero-order valence-corrected chi connectivity index (χ0v) is 33.7. The first-order valence-corrected chi connectivity index (χ1v) is 22.6. The third-order valence-corrected chi connectivity index (χ3v) is 11.6. The average molecular weight is 677 g/mol. The summed E-state index contributed by atoms with van der Waals surface area (Å²) >= 11 is 0. The van der Waals surface area contributed by atoms with Gasteiger partial charge in [0.05, 0.1) is 0 Å². The number of unbranched alkanes of at least 4 members (excludes halogenated alkanes) is 27. The van der Waals surface area contributed by atoms with Crippen molar-refractivity contribution in [1.29, 1.82) is 0 Å². The maximum absolute atomic E-state index is 7.61. The molecule has 1 heterocycles. The molecular weight excluding hydrogens is 585 g/mol. The fourth-order valence-corrected chi connectivity index (χ4v) is 8.12. The molecule has 0 bridgehead atoms. The molecular formula is C44H92N4. The van der Waals surface area contributed by atoms with Crippen molar-refractivity contribution >= 4 is 0 Å². The average Bonchev–Trinajstić information content (AvgIpc) is 3.10. The van der Waals surface area contributed by atoms with Gasteiger partial charge >= 0.3 is 0 Å². The van der Waals surface area contributed by atoms with Gasteiger partial charge in [-0.25, -0.2) is 0 Å². The SMILES string of the molecule is CCCCCCCCCCCCC(NCCN1CCNCC1)C(N)(CCCCCCCCCCCC)CCCCCCCCCCCC. The quantitative estimate of drug-likeness (QED) is 0.0570. The van der Waals surface area contributed by atoms with Gasteiger partial charge in [0.15, 0.2) is 0 Å². The summed E-state index contributed by atoms with van der Waals surface area (Å²) in [6.45, 7) is 13.9. The lowest BCUT2D eigenvalue weighted by atomic mass is 9.78. The maximum atomic E-state index is 7.61. The fraction of sp³-hybridized carbons (Fsp3) is 1.00. The Morgan fingerprint density at radius 3 is 1.21 bits per heavy atom. The monoisotopic (exact) mass is 677 g/mol. The van der Waals surface area contributed by atoms with Crippen LogP contribution in [0, 0.1) is 0 Å². The van der Waals surface area contributed by atoms with Gasteiger partial charge in [-0.05, 0) is 19.3 Å². The molecule has 1 unspecified atom stereocenters. The molecule has 1 fully saturated rings. The Morgan fingerprint density at radius 2 is 0.833 bits per heavy atom. The Bertz CT molecular complexity index is 595. The van der Waals surface area contributed by atoms with Crippen LogP contribution >= 0.6 is 0 Å². The molecule has 4 N–H and O–H groups in total. The number of piperazine rings is 1. The molecule has 48 heavy (non-hydrogen) atoms. The van der Waals surface area contributed by atoms with Gasteiger partial charge in [-0.2, -0.15) is 0 Å². The van der Waals surface area contributed by atoms with E-state index in [0.29, 0.717) is 6.04 Å². The Kier molecular flexibility index (Phi) is 33.7. The van der Waals surface area contributed by atoms with Crippen molar-refractivity contribution in [2.45, 2.75) is 244 Å². The predicted molar refractivity (Wildman–Crippen MR) is 217 cm³/mol. The van der Waals surface area contributed by atoms with Crippen LogP contribution in [-0.2, 0) is 0 Å². The highest BCUT2D eigenvalue weighted by Gasteiger charge is 2.33. The van der Waals surface area contributed by atoms with E-state index >= 15 is 0 Å². The van der Waals surface area contributed by atoms with E-state index in [1.807, 2.05) is 0 Å². The van der Waals surface area contributed by atoms with Crippen LogP contribution in [0.3, 0.4) is 0 Å². The van der Waals surface area contributed by atoms with Crippen LogP contribution in [0.25, 0.3) is 0 Å². The molecule has 4 nitrogen and oxygen atoms in total. The van der Waals surface area contributed by atoms with Crippen molar-refractivity contribution in [1.82, 2.24) is 15.5 Å². The molecule has 0 aromatic carbocycles. The first-order chi connectivity index (χ1) is 23.7. The van der Waals surface area contributed by atoms with Gasteiger partial charge in [0.1, 0.15) is 0 Å². The second-order valence-corrected chi connectivity index (χ2v) is 16.2. The number of nitrogens with two attached hydrogens (primary N) is 1. The zero-order valence-electron chi connectivity index (χ0n) is 33.7. The van der Waals surface area contributed by atoms with Crippen LogP contribution in [0.1, 0.15) is 233 Å². The fourth-order valence-electron chi connectivity index (χ4n) is 8.12.